The Bertz CT molecular complexity index is 683. The third-order valence-corrected chi connectivity index (χ3v) is 4.42. The van der Waals surface area contributed by atoms with E-state index in [0.29, 0.717) is 5.56 Å². The van der Waals surface area contributed by atoms with Crippen LogP contribution in [-0.4, -0.2) is 41.3 Å². The van der Waals surface area contributed by atoms with E-state index in [2.05, 4.69) is 5.32 Å². The minimum atomic E-state index is -4.71. The molecule has 2 N–H and O–H groups in total. The summed E-state index contributed by atoms with van der Waals surface area (Å²) in [7, 11) is 0. The number of amides is 2. The van der Waals surface area contributed by atoms with Crippen LogP contribution < -0.4 is 5.32 Å². The normalized spacial score (nSPS) is 21.9. The molecule has 1 fully saturated rings. The molecule has 0 saturated carbocycles. The van der Waals surface area contributed by atoms with Gasteiger partial charge in [-0.2, -0.15) is 13.2 Å². The lowest BCUT2D eigenvalue weighted by Gasteiger charge is -2.22. The van der Waals surface area contributed by atoms with Crippen LogP contribution in [-0.2, 0) is 4.79 Å². The summed E-state index contributed by atoms with van der Waals surface area (Å²) in [5.41, 5.74) is 0.459. The number of aliphatic carboxylic acids is 1. The van der Waals surface area contributed by atoms with Crippen LogP contribution >= 0.6 is 11.6 Å². The minimum absolute atomic E-state index is 0.150. The van der Waals surface area contributed by atoms with Crippen molar-refractivity contribution in [3.05, 3.63) is 34.6 Å². The van der Waals surface area contributed by atoms with Crippen molar-refractivity contribution in [3.63, 3.8) is 0 Å². The van der Waals surface area contributed by atoms with Gasteiger partial charge in [-0.25, -0.2) is 9.18 Å². The van der Waals surface area contributed by atoms with Gasteiger partial charge in [-0.3, -0.25) is 4.79 Å². The SMILES string of the molecule is CC(NC(=O)N1C[C@@H](C(F)(F)F)[C@H](C(=O)O)C1)c1ccc(F)c(Cl)c1. The second kappa shape index (κ2) is 7.07. The molecule has 1 aromatic carbocycles. The number of carbonyl (C=O) groups excluding carboxylic acids is 1. The monoisotopic (exact) mass is 382 g/mol. The molecule has 5 nitrogen and oxygen atoms in total. The van der Waals surface area contributed by atoms with Gasteiger partial charge in [-0.1, -0.05) is 17.7 Å². The molecule has 0 aliphatic carbocycles. The van der Waals surface area contributed by atoms with Crippen LogP contribution in [0.3, 0.4) is 0 Å². The van der Waals surface area contributed by atoms with Crippen LogP contribution in [0, 0.1) is 17.7 Å². The van der Waals surface area contributed by atoms with E-state index in [-0.39, 0.29) is 5.02 Å². The highest BCUT2D eigenvalue weighted by atomic mass is 35.5. The molecule has 1 saturated heterocycles. The number of carboxylic acid groups (broad SMARTS) is 1. The molecule has 1 unspecified atom stereocenters. The maximum absolute atomic E-state index is 13.2. The Hall–Kier alpha value is -2.03. The fourth-order valence-corrected chi connectivity index (χ4v) is 2.88. The summed E-state index contributed by atoms with van der Waals surface area (Å²) in [5.74, 6) is -6.07. The first-order valence-electron chi connectivity index (χ1n) is 7.30. The molecule has 1 aliphatic heterocycles. The lowest BCUT2D eigenvalue weighted by atomic mass is 9.96. The molecule has 3 atom stereocenters. The third-order valence-electron chi connectivity index (χ3n) is 4.13. The molecular weight excluding hydrogens is 368 g/mol. The summed E-state index contributed by atoms with van der Waals surface area (Å²) in [6.45, 7) is 0.277. The zero-order valence-corrected chi connectivity index (χ0v) is 13.7. The summed E-state index contributed by atoms with van der Waals surface area (Å²) in [6.07, 6.45) is -4.71. The molecule has 0 aromatic heterocycles. The van der Waals surface area contributed by atoms with Gasteiger partial charge >= 0.3 is 18.2 Å². The molecular formula is C15H15ClF4N2O3. The highest BCUT2D eigenvalue weighted by molar-refractivity contribution is 6.30. The Morgan fingerprint density at radius 3 is 2.48 bits per heavy atom. The fourth-order valence-electron chi connectivity index (χ4n) is 2.69. The molecule has 25 heavy (non-hydrogen) atoms. The van der Waals surface area contributed by atoms with Crippen molar-refractivity contribution in [2.45, 2.75) is 19.1 Å². The largest absolute Gasteiger partial charge is 0.481 e. The van der Waals surface area contributed by atoms with Crippen molar-refractivity contribution in [2.75, 3.05) is 13.1 Å². The van der Waals surface area contributed by atoms with Gasteiger partial charge in [-0.15, -0.1) is 0 Å². The van der Waals surface area contributed by atoms with Crippen molar-refractivity contribution in [2.24, 2.45) is 11.8 Å². The van der Waals surface area contributed by atoms with E-state index in [0.717, 1.165) is 11.0 Å². The first-order chi connectivity index (χ1) is 11.5. The highest BCUT2D eigenvalue weighted by Crippen LogP contribution is 2.37. The second-order valence-electron chi connectivity index (χ2n) is 5.84. The lowest BCUT2D eigenvalue weighted by Crippen LogP contribution is -2.40. The van der Waals surface area contributed by atoms with Gasteiger partial charge < -0.3 is 15.3 Å². The maximum atomic E-state index is 13.2. The van der Waals surface area contributed by atoms with Crippen LogP contribution in [0.4, 0.5) is 22.4 Å². The number of nitrogens with one attached hydrogen (secondary N) is 1. The van der Waals surface area contributed by atoms with Crippen molar-refractivity contribution in [1.29, 1.82) is 0 Å². The van der Waals surface area contributed by atoms with Crippen molar-refractivity contribution in [3.8, 4) is 0 Å². The van der Waals surface area contributed by atoms with E-state index in [1.165, 1.54) is 12.1 Å². The smallest absolute Gasteiger partial charge is 0.394 e. The number of carboxylic acids is 1. The average Bonchev–Trinajstić information content (AvgIpc) is 2.95. The minimum Gasteiger partial charge on any atom is -0.481 e. The number of hydrogen-bond acceptors (Lipinski definition) is 2. The van der Waals surface area contributed by atoms with E-state index < -0.39 is 55.0 Å². The Labute approximate surface area is 145 Å². The number of urea groups is 1. The molecule has 2 rings (SSSR count). The molecule has 0 radical (unpaired) electrons. The number of halogens is 5. The number of likely N-dealkylation sites (tertiary alicyclic amines) is 1. The predicted molar refractivity (Wildman–Crippen MR) is 80.6 cm³/mol. The zero-order chi connectivity index (χ0) is 18.9. The molecule has 1 aromatic rings. The molecule has 2 amide bonds. The topological polar surface area (TPSA) is 69.6 Å². The molecule has 10 heteroatoms. The maximum Gasteiger partial charge on any atom is 0.394 e. The van der Waals surface area contributed by atoms with Crippen molar-refractivity contribution in [1.82, 2.24) is 10.2 Å². The fraction of sp³-hybridized carbons (Fsp3) is 0.467. The van der Waals surface area contributed by atoms with Crippen LogP contribution in [0.1, 0.15) is 18.5 Å². The number of benzene rings is 1. The molecule has 1 aliphatic rings. The van der Waals surface area contributed by atoms with Gasteiger partial charge in [0.25, 0.3) is 0 Å². The highest BCUT2D eigenvalue weighted by Gasteiger charge is 2.53. The summed E-state index contributed by atoms with van der Waals surface area (Å²) in [4.78, 5) is 24.0. The van der Waals surface area contributed by atoms with E-state index in [9.17, 15) is 27.2 Å². The quantitative estimate of drug-likeness (QED) is 0.787. The second-order valence-corrected chi connectivity index (χ2v) is 6.25. The summed E-state index contributed by atoms with van der Waals surface area (Å²) in [5, 5.41) is 11.3. The number of carbonyl (C=O) groups is 2. The standard InChI is InChI=1S/C15H15ClF4N2O3/c1-7(8-2-3-12(17)11(16)4-8)21-14(25)22-5-9(13(23)24)10(6-22)15(18,19)20/h2-4,7,9-10H,5-6H2,1H3,(H,21,25)(H,23,24)/t7?,9-,10-/m1/s1. The molecule has 0 spiro atoms. The van der Waals surface area contributed by atoms with Crippen LogP contribution in [0.25, 0.3) is 0 Å². The van der Waals surface area contributed by atoms with Gasteiger partial charge in [0.15, 0.2) is 0 Å². The van der Waals surface area contributed by atoms with E-state index in [4.69, 9.17) is 16.7 Å². The van der Waals surface area contributed by atoms with Gasteiger partial charge in [0.05, 0.1) is 22.9 Å². The van der Waals surface area contributed by atoms with E-state index >= 15 is 0 Å². The average molecular weight is 383 g/mol. The number of nitrogens with zero attached hydrogens (tertiary/aromatic N) is 1. The Balaban J connectivity index is 2.07. The molecule has 0 bridgehead atoms. The van der Waals surface area contributed by atoms with Crippen LogP contribution in [0.5, 0.6) is 0 Å². The summed E-state index contributed by atoms with van der Waals surface area (Å²) in [6, 6.07) is 2.31. The Morgan fingerprint density at radius 1 is 1.36 bits per heavy atom. The van der Waals surface area contributed by atoms with Gasteiger partial charge in [-0.05, 0) is 24.6 Å². The zero-order valence-electron chi connectivity index (χ0n) is 13.0. The predicted octanol–water partition coefficient (Wildman–Crippen LogP) is 3.44. The Kier molecular flexibility index (Phi) is 5.46. The van der Waals surface area contributed by atoms with E-state index in [1.54, 1.807) is 6.92 Å². The van der Waals surface area contributed by atoms with Gasteiger partial charge in [0.1, 0.15) is 5.82 Å². The lowest BCUT2D eigenvalue weighted by molar-refractivity contribution is -0.187. The third kappa shape index (κ3) is 4.33. The summed E-state index contributed by atoms with van der Waals surface area (Å²) < 4.78 is 52.0. The Morgan fingerprint density at radius 2 is 2.00 bits per heavy atom. The molecule has 138 valence electrons. The van der Waals surface area contributed by atoms with Crippen LogP contribution in [0.15, 0.2) is 18.2 Å². The first kappa shape index (κ1) is 19.3. The van der Waals surface area contributed by atoms with Gasteiger partial charge in [0, 0.05) is 13.1 Å². The van der Waals surface area contributed by atoms with E-state index in [1.807, 2.05) is 0 Å². The van der Waals surface area contributed by atoms with Crippen molar-refractivity contribution < 1.29 is 32.3 Å². The molecule has 1 heterocycles. The number of hydrogen-bond donors (Lipinski definition) is 2. The summed E-state index contributed by atoms with van der Waals surface area (Å²) >= 11 is 5.66. The van der Waals surface area contributed by atoms with Crippen molar-refractivity contribution >= 4 is 23.6 Å². The number of rotatable bonds is 3. The van der Waals surface area contributed by atoms with Crippen LogP contribution in [0.2, 0.25) is 5.02 Å². The number of alkyl halides is 3. The van der Waals surface area contributed by atoms with Gasteiger partial charge in [0.2, 0.25) is 0 Å². The first-order valence-corrected chi connectivity index (χ1v) is 7.68.